The third-order valence-electron chi connectivity index (χ3n) is 3.80. The molecule has 0 saturated carbocycles. The van der Waals surface area contributed by atoms with Crippen molar-refractivity contribution in [2.24, 2.45) is 0 Å². The Morgan fingerprint density at radius 1 is 1.22 bits per heavy atom. The first-order chi connectivity index (χ1) is 11.0. The molecule has 5 nitrogen and oxygen atoms in total. The molecule has 126 valence electrons. The Kier molecular flexibility index (Phi) is 6.19. The van der Waals surface area contributed by atoms with Crippen LogP contribution in [0.3, 0.4) is 0 Å². The Balaban J connectivity index is 2.01. The number of benzene rings is 1. The fourth-order valence-corrected chi connectivity index (χ4v) is 2.64. The highest BCUT2D eigenvalue weighted by molar-refractivity contribution is 5.33. The third-order valence-corrected chi connectivity index (χ3v) is 3.80. The van der Waals surface area contributed by atoms with E-state index in [-0.39, 0.29) is 12.7 Å². The Bertz CT molecular complexity index is 635. The summed E-state index contributed by atoms with van der Waals surface area (Å²) in [6.07, 6.45) is 0.164. The van der Waals surface area contributed by atoms with E-state index in [0.29, 0.717) is 6.54 Å². The molecule has 5 heteroatoms. The van der Waals surface area contributed by atoms with Crippen LogP contribution in [0.2, 0.25) is 0 Å². The number of aliphatic hydroxyl groups excluding tert-OH is 1. The van der Waals surface area contributed by atoms with Gasteiger partial charge < -0.3 is 15.2 Å². The van der Waals surface area contributed by atoms with Crippen molar-refractivity contribution in [1.82, 2.24) is 15.1 Å². The molecule has 1 aromatic heterocycles. The molecule has 0 fully saturated rings. The molecule has 0 unspecified atom stereocenters. The lowest BCUT2D eigenvalue weighted by Crippen LogP contribution is -2.16. The van der Waals surface area contributed by atoms with Crippen molar-refractivity contribution in [2.45, 2.75) is 53.4 Å². The molecule has 23 heavy (non-hydrogen) atoms. The van der Waals surface area contributed by atoms with Gasteiger partial charge in [0.2, 0.25) is 0 Å². The van der Waals surface area contributed by atoms with Crippen LogP contribution in [-0.2, 0) is 19.6 Å². The van der Waals surface area contributed by atoms with E-state index in [1.54, 1.807) is 0 Å². The maximum absolute atomic E-state index is 9.08. The molecule has 0 spiro atoms. The number of aromatic nitrogens is 2. The fourth-order valence-electron chi connectivity index (χ4n) is 2.64. The highest BCUT2D eigenvalue weighted by atomic mass is 16.5. The first-order valence-electron chi connectivity index (χ1n) is 8.12. The number of nitrogens with zero attached hydrogens (tertiary/aromatic N) is 2. The Morgan fingerprint density at radius 3 is 2.65 bits per heavy atom. The highest BCUT2D eigenvalue weighted by Gasteiger charge is 2.11. The van der Waals surface area contributed by atoms with Crippen molar-refractivity contribution >= 4 is 0 Å². The maximum Gasteiger partial charge on any atom is 0.124 e. The summed E-state index contributed by atoms with van der Waals surface area (Å²) in [5, 5.41) is 17.0. The Labute approximate surface area is 138 Å². The topological polar surface area (TPSA) is 59.3 Å². The molecule has 0 atom stereocenters. The minimum atomic E-state index is 0.106. The lowest BCUT2D eigenvalue weighted by atomic mass is 10.1. The molecule has 0 saturated heterocycles. The third kappa shape index (κ3) is 4.56. The van der Waals surface area contributed by atoms with E-state index < -0.39 is 0 Å². The number of aliphatic hydroxyl groups is 1. The van der Waals surface area contributed by atoms with Crippen molar-refractivity contribution < 1.29 is 9.84 Å². The molecule has 1 aromatic carbocycles. The number of ether oxygens (including phenoxy) is 1. The number of para-hydroxylation sites is 1. The average Bonchev–Trinajstić information content (AvgIpc) is 2.76. The number of hydrogen-bond donors (Lipinski definition) is 2. The van der Waals surface area contributed by atoms with Gasteiger partial charge >= 0.3 is 0 Å². The van der Waals surface area contributed by atoms with Crippen LogP contribution >= 0.6 is 0 Å². The van der Waals surface area contributed by atoms with Gasteiger partial charge in [-0.2, -0.15) is 5.10 Å². The van der Waals surface area contributed by atoms with Gasteiger partial charge in [0.05, 0.1) is 24.9 Å². The van der Waals surface area contributed by atoms with Gasteiger partial charge in [0.1, 0.15) is 5.75 Å². The average molecular weight is 317 g/mol. The highest BCUT2D eigenvalue weighted by Crippen LogP contribution is 2.20. The van der Waals surface area contributed by atoms with Crippen molar-refractivity contribution in [3.05, 3.63) is 46.8 Å². The SMILES string of the molecule is Cc1nn(CCO)c(C)c1CNCc1ccccc1OC(C)C. The van der Waals surface area contributed by atoms with E-state index in [2.05, 4.69) is 16.5 Å². The summed E-state index contributed by atoms with van der Waals surface area (Å²) in [6.45, 7) is 10.3. The summed E-state index contributed by atoms with van der Waals surface area (Å²) < 4.78 is 7.71. The molecule has 0 amide bonds. The molecule has 2 rings (SSSR count). The predicted molar refractivity (Wildman–Crippen MR) is 91.5 cm³/mol. The molecule has 0 radical (unpaired) electrons. The molecule has 0 bridgehead atoms. The van der Waals surface area contributed by atoms with E-state index >= 15 is 0 Å². The van der Waals surface area contributed by atoms with Crippen LogP contribution in [-0.4, -0.2) is 27.6 Å². The van der Waals surface area contributed by atoms with Crippen molar-refractivity contribution in [3.63, 3.8) is 0 Å². The van der Waals surface area contributed by atoms with Crippen LogP contribution in [0.25, 0.3) is 0 Å². The molecule has 1 heterocycles. The second-order valence-corrected chi connectivity index (χ2v) is 5.97. The maximum atomic E-state index is 9.08. The standard InChI is InChI=1S/C18H27N3O2/c1-13(2)23-18-8-6-5-7-16(18)11-19-12-17-14(3)20-21(9-10-22)15(17)4/h5-8,13,19,22H,9-12H2,1-4H3. The summed E-state index contributed by atoms with van der Waals surface area (Å²) in [5.74, 6) is 0.930. The van der Waals surface area contributed by atoms with E-state index in [0.717, 1.165) is 35.8 Å². The van der Waals surface area contributed by atoms with Crippen LogP contribution in [0.15, 0.2) is 24.3 Å². The van der Waals surface area contributed by atoms with Gasteiger partial charge in [0.25, 0.3) is 0 Å². The van der Waals surface area contributed by atoms with Gasteiger partial charge in [-0.25, -0.2) is 0 Å². The molecule has 0 aliphatic carbocycles. The zero-order valence-corrected chi connectivity index (χ0v) is 14.5. The van der Waals surface area contributed by atoms with Gasteiger partial charge in [-0.3, -0.25) is 4.68 Å². The summed E-state index contributed by atoms with van der Waals surface area (Å²) in [5.41, 5.74) is 4.46. The fraction of sp³-hybridized carbons (Fsp3) is 0.500. The molecular formula is C18H27N3O2. The van der Waals surface area contributed by atoms with Crippen LogP contribution < -0.4 is 10.1 Å². The number of aryl methyl sites for hydroxylation is 1. The number of rotatable bonds is 8. The van der Waals surface area contributed by atoms with Crippen LogP contribution in [0.1, 0.15) is 36.4 Å². The minimum absolute atomic E-state index is 0.106. The van der Waals surface area contributed by atoms with E-state index in [9.17, 15) is 0 Å². The van der Waals surface area contributed by atoms with Crippen LogP contribution in [0.4, 0.5) is 0 Å². The molecule has 0 aliphatic rings. The van der Waals surface area contributed by atoms with E-state index in [4.69, 9.17) is 9.84 Å². The van der Waals surface area contributed by atoms with Gasteiger partial charge in [0.15, 0.2) is 0 Å². The smallest absolute Gasteiger partial charge is 0.124 e. The lowest BCUT2D eigenvalue weighted by Gasteiger charge is -2.14. The van der Waals surface area contributed by atoms with Gasteiger partial charge in [-0.15, -0.1) is 0 Å². The monoisotopic (exact) mass is 317 g/mol. The molecule has 2 aromatic rings. The molecular weight excluding hydrogens is 290 g/mol. The molecule has 2 N–H and O–H groups in total. The van der Waals surface area contributed by atoms with Crippen molar-refractivity contribution in [1.29, 1.82) is 0 Å². The normalized spacial score (nSPS) is 11.2. The molecule has 0 aliphatic heterocycles. The largest absolute Gasteiger partial charge is 0.491 e. The minimum Gasteiger partial charge on any atom is -0.491 e. The zero-order valence-electron chi connectivity index (χ0n) is 14.5. The zero-order chi connectivity index (χ0) is 16.8. The number of hydrogen-bond acceptors (Lipinski definition) is 4. The quantitative estimate of drug-likeness (QED) is 0.785. The second-order valence-electron chi connectivity index (χ2n) is 5.97. The second kappa shape index (κ2) is 8.13. The van der Waals surface area contributed by atoms with E-state index in [1.807, 2.05) is 50.6 Å². The van der Waals surface area contributed by atoms with Crippen molar-refractivity contribution in [2.75, 3.05) is 6.61 Å². The van der Waals surface area contributed by atoms with Crippen LogP contribution in [0.5, 0.6) is 5.75 Å². The summed E-state index contributed by atoms with van der Waals surface area (Å²) in [4.78, 5) is 0. The first kappa shape index (κ1) is 17.5. The number of nitrogens with one attached hydrogen (secondary N) is 1. The predicted octanol–water partition coefficient (Wildman–Crippen LogP) is 2.57. The lowest BCUT2D eigenvalue weighted by molar-refractivity contribution is 0.239. The summed E-state index contributed by atoms with van der Waals surface area (Å²) >= 11 is 0. The Morgan fingerprint density at radius 2 is 1.96 bits per heavy atom. The van der Waals surface area contributed by atoms with Gasteiger partial charge in [-0.05, 0) is 33.8 Å². The van der Waals surface area contributed by atoms with E-state index in [1.165, 1.54) is 5.56 Å². The van der Waals surface area contributed by atoms with Crippen molar-refractivity contribution in [3.8, 4) is 5.75 Å². The summed E-state index contributed by atoms with van der Waals surface area (Å²) in [7, 11) is 0. The van der Waals surface area contributed by atoms with Crippen LogP contribution in [0, 0.1) is 13.8 Å². The first-order valence-corrected chi connectivity index (χ1v) is 8.12. The summed E-state index contributed by atoms with van der Waals surface area (Å²) in [6, 6.07) is 8.11. The Hall–Kier alpha value is -1.85. The van der Waals surface area contributed by atoms with Gasteiger partial charge in [0, 0.05) is 29.9 Å². The van der Waals surface area contributed by atoms with Gasteiger partial charge in [-0.1, -0.05) is 18.2 Å².